The quantitative estimate of drug-likeness (QED) is 0.405. The molecule has 0 aliphatic heterocycles. The molecule has 2 N–H and O–H groups in total. The van der Waals surface area contributed by atoms with Gasteiger partial charge in [-0.2, -0.15) is 5.26 Å². The third kappa shape index (κ3) is 4.30. The fourth-order valence-electron chi connectivity index (χ4n) is 7.99. The number of hydrogen-bond donors (Lipinski definition) is 2. The highest BCUT2D eigenvalue weighted by Gasteiger charge is 2.53. The fraction of sp³-hybridized carbons (Fsp3) is 0.714. The molecule has 8 heteroatoms. The van der Waals surface area contributed by atoms with Gasteiger partial charge < -0.3 is 5.32 Å². The molecule has 36 heavy (non-hydrogen) atoms. The van der Waals surface area contributed by atoms with Crippen molar-refractivity contribution in [2.24, 2.45) is 29.1 Å². The Morgan fingerprint density at radius 3 is 2.58 bits per heavy atom. The number of H-pyrrole nitrogens is 1. The Bertz CT molecular complexity index is 1170. The summed E-state index contributed by atoms with van der Waals surface area (Å²) in [6.07, 6.45) is 12.1. The largest absolute Gasteiger partial charge is 0.316 e. The summed E-state index contributed by atoms with van der Waals surface area (Å²) in [6.45, 7) is 6.95. The van der Waals surface area contributed by atoms with Crippen LogP contribution in [0.1, 0.15) is 94.0 Å². The van der Waals surface area contributed by atoms with Crippen LogP contribution in [0.2, 0.25) is 0 Å². The highest BCUT2D eigenvalue weighted by atomic mass is 32.2. The van der Waals surface area contributed by atoms with Crippen LogP contribution in [0.4, 0.5) is 5.00 Å². The maximum Gasteiger partial charge on any atom is 0.235 e. The minimum Gasteiger partial charge on any atom is -0.316 e. The van der Waals surface area contributed by atoms with E-state index in [1.807, 2.05) is 0 Å². The summed E-state index contributed by atoms with van der Waals surface area (Å²) in [6, 6.07) is 2.38. The molecule has 5 aliphatic carbocycles. The van der Waals surface area contributed by atoms with Crippen molar-refractivity contribution in [1.82, 2.24) is 15.2 Å². The van der Waals surface area contributed by atoms with Gasteiger partial charge in [-0.15, -0.1) is 16.4 Å². The summed E-state index contributed by atoms with van der Waals surface area (Å²) in [5, 5.41) is 22.0. The van der Waals surface area contributed by atoms with Crippen molar-refractivity contribution in [1.29, 1.82) is 5.26 Å². The number of anilines is 1. The summed E-state index contributed by atoms with van der Waals surface area (Å²) in [7, 11) is 0. The van der Waals surface area contributed by atoms with Crippen LogP contribution in [-0.4, -0.2) is 26.8 Å². The van der Waals surface area contributed by atoms with Gasteiger partial charge in [-0.3, -0.25) is 9.89 Å². The van der Waals surface area contributed by atoms with E-state index in [1.165, 1.54) is 55.2 Å². The molecule has 0 aromatic carbocycles. The van der Waals surface area contributed by atoms with Gasteiger partial charge in [-0.1, -0.05) is 39.0 Å². The number of fused-ring (bicyclic) bond motifs is 1. The molecule has 6 nitrogen and oxygen atoms in total. The standard InChI is InChI=1S/C28H37N5OS2/c1-4-27(2,3)19-5-6-20-21(14-29)24(36-22(20)10-19)30-23(34)15-35-26-31-25(32-33-26)28-11-16-7-17(12-28)9-18(8-16)13-28/h16-19H,4-13,15H2,1-3H3,(H,30,34)(H,31,32,33)/t16?,17?,18?,19-,28?/m0/s1. The average molecular weight is 524 g/mol. The van der Waals surface area contributed by atoms with Gasteiger partial charge in [0.15, 0.2) is 0 Å². The Hall–Kier alpha value is -1.85. The highest BCUT2D eigenvalue weighted by Crippen LogP contribution is 2.60. The van der Waals surface area contributed by atoms with Crippen molar-refractivity contribution >= 4 is 34.0 Å². The fourth-order valence-corrected chi connectivity index (χ4v) is 9.88. The number of nitrogens with zero attached hydrogens (tertiary/aromatic N) is 3. The molecule has 0 saturated heterocycles. The van der Waals surface area contributed by atoms with Crippen LogP contribution in [0, 0.1) is 40.4 Å². The first kappa shape index (κ1) is 24.5. The number of nitrogens with one attached hydrogen (secondary N) is 2. The van der Waals surface area contributed by atoms with Gasteiger partial charge in [-0.05, 0) is 92.4 Å². The molecule has 1 atom stereocenters. The molecule has 7 rings (SSSR count). The van der Waals surface area contributed by atoms with Crippen molar-refractivity contribution < 1.29 is 4.79 Å². The number of rotatable bonds is 7. The van der Waals surface area contributed by atoms with E-state index in [0.29, 0.717) is 27.1 Å². The monoisotopic (exact) mass is 523 g/mol. The number of thiophene rings is 1. The van der Waals surface area contributed by atoms with Gasteiger partial charge in [0.05, 0.1) is 11.3 Å². The molecular formula is C28H37N5OS2. The summed E-state index contributed by atoms with van der Waals surface area (Å²) < 4.78 is 0. The summed E-state index contributed by atoms with van der Waals surface area (Å²) >= 11 is 2.99. The Morgan fingerprint density at radius 2 is 1.94 bits per heavy atom. The third-order valence-corrected chi connectivity index (χ3v) is 12.0. The number of thioether (sulfide) groups is 1. The first-order valence-corrected chi connectivity index (χ1v) is 15.5. The number of aromatic nitrogens is 3. The van der Waals surface area contributed by atoms with Gasteiger partial charge in [0.25, 0.3) is 0 Å². The SMILES string of the molecule is CCC(C)(C)[C@H]1CCc2c(sc(NC(=O)CSc3n[nH]c(C45CC6CC(CC(C6)C4)C5)n3)c2C#N)C1. The van der Waals surface area contributed by atoms with Crippen LogP contribution in [0.25, 0.3) is 0 Å². The highest BCUT2D eigenvalue weighted by molar-refractivity contribution is 7.99. The second kappa shape index (κ2) is 9.16. The van der Waals surface area contributed by atoms with Crippen molar-refractivity contribution in [3.8, 4) is 6.07 Å². The van der Waals surface area contributed by atoms with Gasteiger partial charge in [0.2, 0.25) is 11.1 Å². The number of aromatic amines is 1. The smallest absolute Gasteiger partial charge is 0.235 e. The molecule has 1 amide bonds. The molecule has 4 bridgehead atoms. The number of carbonyl (C=O) groups excluding carboxylic acids is 1. The third-order valence-electron chi connectivity index (χ3n) is 9.98. The molecule has 4 saturated carbocycles. The van der Waals surface area contributed by atoms with E-state index >= 15 is 0 Å². The molecule has 0 radical (unpaired) electrons. The van der Waals surface area contributed by atoms with E-state index in [2.05, 4.69) is 42.4 Å². The molecule has 192 valence electrons. The second-order valence-corrected chi connectivity index (χ2v) is 14.7. The van der Waals surface area contributed by atoms with Crippen LogP contribution in [-0.2, 0) is 23.1 Å². The van der Waals surface area contributed by atoms with E-state index in [-0.39, 0.29) is 17.1 Å². The average Bonchev–Trinajstić information content (AvgIpc) is 3.46. The number of nitriles is 1. The summed E-state index contributed by atoms with van der Waals surface area (Å²) in [4.78, 5) is 19.0. The van der Waals surface area contributed by atoms with Crippen LogP contribution in [0.15, 0.2) is 5.16 Å². The topological polar surface area (TPSA) is 94.5 Å². The molecular weight excluding hydrogens is 486 g/mol. The van der Waals surface area contributed by atoms with Crippen LogP contribution in [0.5, 0.6) is 0 Å². The Kier molecular flexibility index (Phi) is 6.23. The van der Waals surface area contributed by atoms with Gasteiger partial charge in [0.1, 0.15) is 16.9 Å². The lowest BCUT2D eigenvalue weighted by atomic mass is 9.49. The summed E-state index contributed by atoms with van der Waals surface area (Å²) in [5.74, 6) is 4.39. The lowest BCUT2D eigenvalue weighted by Crippen LogP contribution is -2.49. The second-order valence-electron chi connectivity index (χ2n) is 12.6. The van der Waals surface area contributed by atoms with E-state index in [1.54, 1.807) is 11.3 Å². The molecule has 0 unspecified atom stereocenters. The van der Waals surface area contributed by atoms with E-state index in [0.717, 1.165) is 54.8 Å². The minimum absolute atomic E-state index is 0.0957. The molecule has 2 aromatic heterocycles. The lowest BCUT2D eigenvalue weighted by Gasteiger charge is -2.55. The molecule has 2 heterocycles. The number of carbonyl (C=O) groups is 1. The van der Waals surface area contributed by atoms with E-state index < -0.39 is 0 Å². The van der Waals surface area contributed by atoms with Crippen molar-refractivity contribution in [2.45, 2.75) is 95.6 Å². The van der Waals surface area contributed by atoms with Crippen molar-refractivity contribution in [3.63, 3.8) is 0 Å². The van der Waals surface area contributed by atoms with E-state index in [9.17, 15) is 10.1 Å². The van der Waals surface area contributed by atoms with Crippen molar-refractivity contribution in [3.05, 3.63) is 21.8 Å². The molecule has 0 spiro atoms. The van der Waals surface area contributed by atoms with Gasteiger partial charge in [0, 0.05) is 10.3 Å². The van der Waals surface area contributed by atoms with Gasteiger partial charge >= 0.3 is 0 Å². The Labute approximate surface area is 222 Å². The molecule has 2 aromatic rings. The Morgan fingerprint density at radius 1 is 1.25 bits per heavy atom. The number of hydrogen-bond acceptors (Lipinski definition) is 6. The maximum absolute atomic E-state index is 12.9. The number of amides is 1. The summed E-state index contributed by atoms with van der Waals surface area (Å²) in [5.41, 5.74) is 2.30. The Balaban J connectivity index is 1.09. The maximum atomic E-state index is 12.9. The van der Waals surface area contributed by atoms with Crippen LogP contribution >= 0.6 is 23.1 Å². The minimum atomic E-state index is -0.0957. The first-order valence-electron chi connectivity index (χ1n) is 13.7. The van der Waals surface area contributed by atoms with Gasteiger partial charge in [-0.25, -0.2) is 4.98 Å². The molecule has 4 fully saturated rings. The van der Waals surface area contributed by atoms with E-state index in [4.69, 9.17) is 4.98 Å². The van der Waals surface area contributed by atoms with Crippen LogP contribution < -0.4 is 5.32 Å². The zero-order valence-electron chi connectivity index (χ0n) is 21.7. The molecule has 5 aliphatic rings. The van der Waals surface area contributed by atoms with Crippen LogP contribution in [0.3, 0.4) is 0 Å². The van der Waals surface area contributed by atoms with Crippen molar-refractivity contribution in [2.75, 3.05) is 11.1 Å². The predicted molar refractivity (Wildman–Crippen MR) is 144 cm³/mol. The lowest BCUT2D eigenvalue weighted by molar-refractivity contribution is -0.113. The zero-order chi connectivity index (χ0) is 25.1. The normalized spacial score (nSPS) is 30.7. The predicted octanol–water partition coefficient (Wildman–Crippen LogP) is 6.48. The first-order chi connectivity index (χ1) is 17.3. The zero-order valence-corrected chi connectivity index (χ0v) is 23.3.